The Labute approximate surface area is 164 Å². The zero-order chi connectivity index (χ0) is 18.3. The van der Waals surface area contributed by atoms with E-state index >= 15 is 0 Å². The fourth-order valence-corrected chi connectivity index (χ4v) is 4.28. The van der Waals surface area contributed by atoms with Crippen LogP contribution in [0.5, 0.6) is 11.5 Å². The maximum absolute atomic E-state index is 6.18. The highest BCUT2D eigenvalue weighted by molar-refractivity contribution is 6.20. The van der Waals surface area contributed by atoms with Crippen LogP contribution >= 0.6 is 23.2 Å². The molecule has 140 valence electrons. The predicted octanol–water partition coefficient (Wildman–Crippen LogP) is 4.40. The Morgan fingerprint density at radius 2 is 1.23 bits per heavy atom. The van der Waals surface area contributed by atoms with Gasteiger partial charge >= 0.3 is 0 Å². The van der Waals surface area contributed by atoms with E-state index in [-0.39, 0.29) is 10.8 Å². The first-order valence-electron chi connectivity index (χ1n) is 9.07. The molecule has 2 atom stereocenters. The van der Waals surface area contributed by atoms with Gasteiger partial charge in [0.2, 0.25) is 0 Å². The molecule has 4 nitrogen and oxygen atoms in total. The summed E-state index contributed by atoms with van der Waals surface area (Å²) in [6.45, 7) is 8.54. The van der Waals surface area contributed by atoms with E-state index in [1.807, 2.05) is 13.8 Å². The van der Waals surface area contributed by atoms with Gasteiger partial charge in [-0.1, -0.05) is 12.1 Å². The number of benzene rings is 2. The van der Waals surface area contributed by atoms with Crippen molar-refractivity contribution < 1.29 is 9.47 Å². The van der Waals surface area contributed by atoms with Gasteiger partial charge in [0, 0.05) is 48.1 Å². The lowest BCUT2D eigenvalue weighted by atomic mass is 9.96. The number of hydrogen-bond donors (Lipinski definition) is 0. The van der Waals surface area contributed by atoms with E-state index in [1.165, 1.54) is 21.9 Å². The van der Waals surface area contributed by atoms with Crippen molar-refractivity contribution >= 4 is 34.0 Å². The highest BCUT2D eigenvalue weighted by Crippen LogP contribution is 2.38. The predicted molar refractivity (Wildman–Crippen MR) is 106 cm³/mol. The van der Waals surface area contributed by atoms with Crippen molar-refractivity contribution in [2.24, 2.45) is 0 Å². The molecule has 0 radical (unpaired) electrons. The molecule has 4 rings (SSSR count). The molecular weight excluding hydrogens is 371 g/mol. The first-order valence-corrected chi connectivity index (χ1v) is 9.94. The molecule has 0 unspecified atom stereocenters. The van der Waals surface area contributed by atoms with Gasteiger partial charge < -0.3 is 9.47 Å². The van der Waals surface area contributed by atoms with Gasteiger partial charge in [-0.3, -0.25) is 9.80 Å². The molecule has 0 N–H and O–H groups in total. The van der Waals surface area contributed by atoms with E-state index in [0.717, 1.165) is 37.7 Å². The van der Waals surface area contributed by atoms with Crippen molar-refractivity contribution in [1.82, 2.24) is 9.80 Å². The summed E-state index contributed by atoms with van der Waals surface area (Å²) in [5.74, 6) is 1.94. The van der Waals surface area contributed by atoms with Crippen LogP contribution in [-0.4, -0.2) is 47.1 Å². The molecular formula is C20H24Cl2N2O2. The monoisotopic (exact) mass is 394 g/mol. The molecule has 0 amide bonds. The summed E-state index contributed by atoms with van der Waals surface area (Å²) in [4.78, 5) is 4.49. The highest BCUT2D eigenvalue weighted by Gasteiger charge is 2.25. The minimum absolute atomic E-state index is 0.0994. The fourth-order valence-electron chi connectivity index (χ4n) is 3.89. The van der Waals surface area contributed by atoms with E-state index in [0.29, 0.717) is 13.5 Å². The third kappa shape index (κ3) is 3.61. The molecule has 26 heavy (non-hydrogen) atoms. The minimum Gasteiger partial charge on any atom is -0.478 e. The zero-order valence-corrected chi connectivity index (χ0v) is 16.7. The number of ether oxygens (including phenoxy) is 2. The number of halogens is 2. The molecule has 0 aromatic heterocycles. The molecule has 2 aliphatic heterocycles. The maximum atomic E-state index is 6.18. The van der Waals surface area contributed by atoms with E-state index < -0.39 is 0 Å². The van der Waals surface area contributed by atoms with E-state index in [1.54, 1.807) is 0 Å². The van der Waals surface area contributed by atoms with Crippen LogP contribution in [0.15, 0.2) is 24.3 Å². The molecule has 2 aromatic rings. The molecule has 2 aliphatic rings. The van der Waals surface area contributed by atoms with Crippen molar-refractivity contribution in [2.45, 2.75) is 37.7 Å². The van der Waals surface area contributed by atoms with Crippen LogP contribution in [-0.2, 0) is 13.1 Å². The van der Waals surface area contributed by atoms with Gasteiger partial charge in [0.25, 0.3) is 0 Å². The number of hydrogen-bond acceptors (Lipinski definition) is 4. The molecule has 0 saturated heterocycles. The Balaban J connectivity index is 1.70. The molecule has 0 fully saturated rings. The third-order valence-electron chi connectivity index (χ3n) is 4.93. The SMILES string of the molecule is C[C@@H](Cl)CN1COc2ccc3c4c(ccc3c2C1)OCN(C[C@@H](C)Cl)C4. The summed E-state index contributed by atoms with van der Waals surface area (Å²) in [5.41, 5.74) is 2.47. The normalized spacial score (nSPS) is 20.0. The summed E-state index contributed by atoms with van der Waals surface area (Å²) in [6, 6.07) is 8.48. The summed E-state index contributed by atoms with van der Waals surface area (Å²) in [7, 11) is 0. The summed E-state index contributed by atoms with van der Waals surface area (Å²) >= 11 is 12.4. The third-order valence-corrected chi connectivity index (χ3v) is 5.20. The first kappa shape index (κ1) is 18.2. The average Bonchev–Trinajstić information content (AvgIpc) is 2.60. The number of fused-ring (bicyclic) bond motifs is 5. The van der Waals surface area contributed by atoms with Gasteiger partial charge in [0.05, 0.1) is 0 Å². The second kappa shape index (κ2) is 7.43. The van der Waals surface area contributed by atoms with Gasteiger partial charge in [-0.25, -0.2) is 0 Å². The Kier molecular flexibility index (Phi) is 5.20. The number of nitrogens with zero attached hydrogens (tertiary/aromatic N) is 2. The summed E-state index contributed by atoms with van der Waals surface area (Å²) < 4.78 is 11.9. The van der Waals surface area contributed by atoms with Gasteiger partial charge in [-0.15, -0.1) is 23.2 Å². The Morgan fingerprint density at radius 1 is 0.808 bits per heavy atom. The molecule has 0 saturated carbocycles. The van der Waals surface area contributed by atoms with Gasteiger partial charge in [-0.2, -0.15) is 0 Å². The van der Waals surface area contributed by atoms with E-state index in [2.05, 4.69) is 34.1 Å². The average molecular weight is 395 g/mol. The lowest BCUT2D eigenvalue weighted by molar-refractivity contribution is 0.0961. The molecule has 2 heterocycles. The molecule has 0 bridgehead atoms. The van der Waals surface area contributed by atoms with Crippen LogP contribution in [0.25, 0.3) is 10.8 Å². The summed E-state index contributed by atoms with van der Waals surface area (Å²) in [6.07, 6.45) is 0. The summed E-state index contributed by atoms with van der Waals surface area (Å²) in [5, 5.41) is 2.67. The van der Waals surface area contributed by atoms with Crippen LogP contribution in [0.1, 0.15) is 25.0 Å². The first-order chi connectivity index (χ1) is 12.5. The standard InChI is InChI=1S/C20H24Cl2N2O2/c1-13(21)7-23-9-17-15-3-6-20-18(10-24(12-26-20)8-14(2)22)16(15)4-5-19(17)25-11-23/h3-6,13-14H,7-12H2,1-2H3/t13-,14-/m1/s1. The van der Waals surface area contributed by atoms with E-state index in [4.69, 9.17) is 32.7 Å². The topological polar surface area (TPSA) is 24.9 Å². The fraction of sp³-hybridized carbons (Fsp3) is 0.500. The van der Waals surface area contributed by atoms with Crippen molar-refractivity contribution in [2.75, 3.05) is 26.6 Å². The molecule has 0 spiro atoms. The lowest BCUT2D eigenvalue weighted by Crippen LogP contribution is -2.36. The smallest absolute Gasteiger partial charge is 0.142 e. The van der Waals surface area contributed by atoms with Gasteiger partial charge in [0.1, 0.15) is 25.0 Å². The quantitative estimate of drug-likeness (QED) is 0.717. The Morgan fingerprint density at radius 3 is 1.62 bits per heavy atom. The Bertz CT molecular complexity index is 743. The van der Waals surface area contributed by atoms with E-state index in [9.17, 15) is 0 Å². The van der Waals surface area contributed by atoms with Crippen LogP contribution < -0.4 is 9.47 Å². The number of alkyl halides is 2. The van der Waals surface area contributed by atoms with Crippen LogP contribution in [0.3, 0.4) is 0 Å². The molecule has 2 aromatic carbocycles. The lowest BCUT2D eigenvalue weighted by Gasteiger charge is -2.33. The van der Waals surface area contributed by atoms with Gasteiger partial charge in [-0.05, 0) is 36.8 Å². The minimum atomic E-state index is 0.0994. The highest BCUT2D eigenvalue weighted by atomic mass is 35.5. The maximum Gasteiger partial charge on any atom is 0.142 e. The van der Waals surface area contributed by atoms with Crippen LogP contribution in [0, 0.1) is 0 Å². The molecule has 0 aliphatic carbocycles. The van der Waals surface area contributed by atoms with Crippen molar-refractivity contribution in [3.63, 3.8) is 0 Å². The van der Waals surface area contributed by atoms with Crippen LogP contribution in [0.4, 0.5) is 0 Å². The second-order valence-corrected chi connectivity index (χ2v) is 8.80. The second-order valence-electron chi connectivity index (χ2n) is 7.31. The largest absolute Gasteiger partial charge is 0.478 e. The van der Waals surface area contributed by atoms with Crippen molar-refractivity contribution in [3.8, 4) is 11.5 Å². The Hall–Kier alpha value is -1.20. The molecule has 6 heteroatoms. The van der Waals surface area contributed by atoms with Crippen molar-refractivity contribution in [1.29, 1.82) is 0 Å². The van der Waals surface area contributed by atoms with Gasteiger partial charge in [0.15, 0.2) is 0 Å². The van der Waals surface area contributed by atoms with Crippen molar-refractivity contribution in [3.05, 3.63) is 35.4 Å². The zero-order valence-electron chi connectivity index (χ0n) is 15.2. The number of rotatable bonds is 4. The van der Waals surface area contributed by atoms with Crippen LogP contribution in [0.2, 0.25) is 0 Å².